The molecule has 1 amide bonds. The van der Waals surface area contributed by atoms with Crippen molar-refractivity contribution in [2.24, 2.45) is 5.92 Å². The van der Waals surface area contributed by atoms with Crippen LogP contribution in [0.2, 0.25) is 0 Å². The van der Waals surface area contributed by atoms with Crippen molar-refractivity contribution in [2.45, 2.75) is 73.9 Å². The van der Waals surface area contributed by atoms with Gasteiger partial charge in [-0.15, -0.1) is 0 Å². The zero-order valence-electron chi connectivity index (χ0n) is 23.5. The predicted molar refractivity (Wildman–Crippen MR) is 148 cm³/mol. The fourth-order valence-corrected chi connectivity index (χ4v) is 7.64. The molecule has 5 rings (SSSR count). The molecule has 2 N–H and O–H groups in total. The number of methoxy groups -OCH3 is 1. The summed E-state index contributed by atoms with van der Waals surface area (Å²) in [4.78, 5) is 14.9. The van der Waals surface area contributed by atoms with Gasteiger partial charge in [-0.25, -0.2) is 13.2 Å². The molecule has 6 atom stereocenters. The molecule has 1 aromatic carbocycles. The van der Waals surface area contributed by atoms with E-state index in [9.17, 15) is 18.3 Å². The van der Waals surface area contributed by atoms with Crippen molar-refractivity contribution >= 4 is 24.0 Å². The minimum absolute atomic E-state index is 0.00145. The van der Waals surface area contributed by atoms with Crippen LogP contribution in [0.4, 0.5) is 4.79 Å². The average molecular weight is 594 g/mol. The first kappa shape index (κ1) is 30.4. The highest BCUT2D eigenvalue weighted by Crippen LogP contribution is 2.34. The molecule has 1 aromatic rings. The Kier molecular flexibility index (Phi) is 9.98. The minimum Gasteiger partial charge on any atom is -0.497 e. The maximum atomic E-state index is 14.1. The third kappa shape index (κ3) is 7.11. The van der Waals surface area contributed by atoms with Crippen molar-refractivity contribution in [1.82, 2.24) is 14.5 Å². The van der Waals surface area contributed by atoms with Crippen LogP contribution in [0.3, 0.4) is 0 Å². The molecule has 0 unspecified atom stereocenters. The van der Waals surface area contributed by atoms with E-state index in [0.29, 0.717) is 19.0 Å². The lowest BCUT2D eigenvalue weighted by Crippen LogP contribution is -2.52. The molecule has 4 aliphatic rings. The van der Waals surface area contributed by atoms with Crippen LogP contribution in [0.5, 0.6) is 11.5 Å². The molecule has 3 fully saturated rings. The van der Waals surface area contributed by atoms with Gasteiger partial charge in [0.05, 0.1) is 39.0 Å². The molecule has 3 saturated heterocycles. The maximum absolute atomic E-state index is 14.1. The second-order valence-electron chi connectivity index (χ2n) is 11.1. The number of fused-ring (bicyclic) bond motifs is 3. The van der Waals surface area contributed by atoms with E-state index in [-0.39, 0.29) is 48.6 Å². The van der Waals surface area contributed by atoms with E-state index >= 15 is 0 Å². The van der Waals surface area contributed by atoms with Gasteiger partial charge >= 0.3 is 6.09 Å². The van der Waals surface area contributed by atoms with E-state index in [0.717, 1.165) is 51.6 Å². The number of carbonyl (C=O) groups excluding carboxylic acids is 1. The number of carbonyl (C=O) groups is 1. The van der Waals surface area contributed by atoms with Crippen molar-refractivity contribution in [3.63, 3.8) is 0 Å². The van der Waals surface area contributed by atoms with E-state index in [1.807, 2.05) is 0 Å². The fraction of sp³-hybridized carbons (Fsp3) is 0.741. The number of nitrogens with one attached hydrogen (secondary N) is 1. The third-order valence-corrected chi connectivity index (χ3v) is 10.2. The fourth-order valence-electron chi connectivity index (χ4n) is 6.03. The first-order valence-electron chi connectivity index (χ1n) is 14.5. The number of hydrogen-bond donors (Lipinski definition) is 2. The van der Waals surface area contributed by atoms with Crippen LogP contribution >= 0.6 is 0 Å². The Morgan fingerprint density at radius 2 is 2.00 bits per heavy atom. The van der Waals surface area contributed by atoms with Crippen molar-refractivity contribution in [2.75, 3.05) is 53.1 Å². The second kappa shape index (κ2) is 13.5. The normalized spacial score (nSPS) is 30.3. The van der Waals surface area contributed by atoms with Gasteiger partial charge in [-0.1, -0.05) is 0 Å². The van der Waals surface area contributed by atoms with Gasteiger partial charge in [-0.2, -0.15) is 4.31 Å². The summed E-state index contributed by atoms with van der Waals surface area (Å²) in [6, 6.07) is 4.61. The number of rotatable bonds is 6. The molecule has 4 heterocycles. The Balaban J connectivity index is 1.32. The Morgan fingerprint density at radius 1 is 1.17 bits per heavy atom. The van der Waals surface area contributed by atoms with Gasteiger partial charge in [0.25, 0.3) is 0 Å². The van der Waals surface area contributed by atoms with Crippen molar-refractivity contribution in [3.8, 4) is 11.5 Å². The summed E-state index contributed by atoms with van der Waals surface area (Å²) in [5.41, 5.74) is 0. The van der Waals surface area contributed by atoms with Crippen LogP contribution in [0.1, 0.15) is 38.5 Å². The number of sulfonamides is 1. The summed E-state index contributed by atoms with van der Waals surface area (Å²) in [6.07, 6.45) is 2.22. The van der Waals surface area contributed by atoms with Gasteiger partial charge in [0.1, 0.15) is 30.3 Å². The molecule has 0 bridgehead atoms. The van der Waals surface area contributed by atoms with Crippen LogP contribution < -0.4 is 14.8 Å². The molecule has 226 valence electrons. The summed E-state index contributed by atoms with van der Waals surface area (Å²) >= 11 is 0. The standard InChI is InChI=1S/C27H40BN3O9S/c1-36-19-7-8-24-22(14-19)37-12-4-2-3-10-30-11-5-6-18(30)15-31(41(24,34)35)16-21(32)25(28)29-27(33)40-23-17-39-26-20(23)9-13-38-26/h7-8,14,18,20-21,23,25-26,32H,2-6,9-13,15-17H2,1H3,(H,29,33)/t18-,20+,21-,23+,25-,26-/m1/s1. The third-order valence-electron chi connectivity index (χ3n) is 8.36. The first-order valence-corrected chi connectivity index (χ1v) is 15.9. The van der Waals surface area contributed by atoms with Crippen molar-refractivity contribution < 1.29 is 42.0 Å². The largest absolute Gasteiger partial charge is 0.497 e. The topological polar surface area (TPSA) is 136 Å². The minimum atomic E-state index is -4.14. The van der Waals surface area contributed by atoms with E-state index in [1.165, 1.54) is 17.5 Å². The van der Waals surface area contributed by atoms with Crippen molar-refractivity contribution in [1.29, 1.82) is 0 Å². The predicted octanol–water partition coefficient (Wildman–Crippen LogP) is 1.06. The van der Waals surface area contributed by atoms with E-state index in [1.54, 1.807) is 12.1 Å². The van der Waals surface area contributed by atoms with Crippen molar-refractivity contribution in [3.05, 3.63) is 18.2 Å². The smallest absolute Gasteiger partial charge is 0.407 e. The molecule has 2 radical (unpaired) electrons. The summed E-state index contributed by atoms with van der Waals surface area (Å²) in [7, 11) is 3.52. The van der Waals surface area contributed by atoms with Crippen LogP contribution in [0, 0.1) is 5.92 Å². The lowest BCUT2D eigenvalue weighted by atomic mass is 9.91. The number of aliphatic hydroxyl groups is 1. The molecule has 4 aliphatic heterocycles. The zero-order chi connectivity index (χ0) is 29.0. The Morgan fingerprint density at radius 3 is 2.83 bits per heavy atom. The van der Waals surface area contributed by atoms with Gasteiger partial charge in [0.2, 0.25) is 10.0 Å². The van der Waals surface area contributed by atoms with E-state index in [2.05, 4.69) is 10.2 Å². The van der Waals surface area contributed by atoms with Crippen LogP contribution in [0.25, 0.3) is 0 Å². The molecule has 12 nitrogen and oxygen atoms in total. The van der Waals surface area contributed by atoms with Gasteiger partial charge < -0.3 is 34.1 Å². The lowest BCUT2D eigenvalue weighted by molar-refractivity contribution is -0.0907. The second-order valence-corrected chi connectivity index (χ2v) is 13.0. The summed E-state index contributed by atoms with van der Waals surface area (Å²) < 4.78 is 57.2. The molecule has 41 heavy (non-hydrogen) atoms. The monoisotopic (exact) mass is 593 g/mol. The molecule has 0 spiro atoms. The summed E-state index contributed by atoms with van der Waals surface area (Å²) in [6.45, 7) is 2.74. The molecule has 14 heteroatoms. The number of hydrogen-bond acceptors (Lipinski definition) is 10. The molecule has 0 aromatic heterocycles. The van der Waals surface area contributed by atoms with E-state index < -0.39 is 34.3 Å². The number of nitrogens with zero attached hydrogens (tertiary/aromatic N) is 2. The maximum Gasteiger partial charge on any atom is 0.407 e. The number of β-amino-alcohol motifs (C(OH)–C–C–N with tert-alkyl or cyclic N) is 1. The van der Waals surface area contributed by atoms with Crippen LogP contribution in [0.15, 0.2) is 23.1 Å². The lowest BCUT2D eigenvalue weighted by Gasteiger charge is -2.33. The Labute approximate surface area is 243 Å². The van der Waals surface area contributed by atoms with Gasteiger partial charge in [-0.05, 0) is 63.7 Å². The number of alkyl carbamates (subject to hydrolysis) is 1. The van der Waals surface area contributed by atoms with E-state index in [4.69, 9.17) is 31.5 Å². The highest BCUT2D eigenvalue weighted by atomic mass is 32.2. The molecular weight excluding hydrogens is 553 g/mol. The molecular formula is C27H40BN3O9S. The number of ether oxygens (including phenoxy) is 5. The Bertz CT molecular complexity index is 1160. The Hall–Kier alpha value is -2.10. The zero-order valence-corrected chi connectivity index (χ0v) is 24.3. The highest BCUT2D eigenvalue weighted by Gasteiger charge is 2.44. The van der Waals surface area contributed by atoms with Gasteiger partial charge in [-0.3, -0.25) is 4.90 Å². The first-order chi connectivity index (χ1) is 19.8. The number of amides is 1. The van der Waals surface area contributed by atoms with Crippen LogP contribution in [-0.4, -0.2) is 120 Å². The number of aliphatic hydroxyl groups excluding tert-OH is 1. The quantitative estimate of drug-likeness (QED) is 0.461. The highest BCUT2D eigenvalue weighted by molar-refractivity contribution is 7.89. The summed E-state index contributed by atoms with van der Waals surface area (Å²) in [5.74, 6) is -0.643. The molecule has 0 saturated carbocycles. The number of benzene rings is 1. The SMILES string of the molecule is [B][C@H](NC(=O)O[C@H]1CO[C@H]2OCC[C@H]21)[C@H](O)CN1C[C@H]2CCCN2CCCCCOc2cc(OC)ccc2S1(=O)=O. The van der Waals surface area contributed by atoms with Gasteiger partial charge in [0.15, 0.2) is 6.29 Å². The van der Waals surface area contributed by atoms with Crippen LogP contribution in [-0.2, 0) is 24.2 Å². The molecule has 0 aliphatic carbocycles. The van der Waals surface area contributed by atoms with Gasteiger partial charge in [0, 0.05) is 31.1 Å². The average Bonchev–Trinajstić information content (AvgIpc) is 3.68. The summed E-state index contributed by atoms with van der Waals surface area (Å²) in [5, 5.41) is 13.5.